The fourth-order valence-corrected chi connectivity index (χ4v) is 8.28. The van der Waals surface area contributed by atoms with Crippen LogP contribution in [0.3, 0.4) is 0 Å². The Kier molecular flexibility index (Phi) is 8.11. The van der Waals surface area contributed by atoms with E-state index in [0.717, 1.165) is 89.0 Å². The van der Waals surface area contributed by atoms with Gasteiger partial charge < -0.3 is 9.32 Å². The number of hydrogen-bond donors (Lipinski definition) is 0. The third-order valence-electron chi connectivity index (χ3n) is 11.0. The summed E-state index contributed by atoms with van der Waals surface area (Å²) in [6.45, 7) is 0. The quantitative estimate of drug-likeness (QED) is 0.163. The molecule has 0 radical (unpaired) electrons. The molecule has 9 aromatic carbocycles. The highest BCUT2D eigenvalue weighted by Crippen LogP contribution is 2.45. The smallest absolute Gasteiger partial charge is 0.160 e. The molecule has 2 aromatic heterocycles. The molecule has 58 heavy (non-hydrogen) atoms. The van der Waals surface area contributed by atoms with Crippen LogP contribution in [0.2, 0.25) is 0 Å². The first kappa shape index (κ1) is 33.5. The first-order chi connectivity index (χ1) is 28.7. The van der Waals surface area contributed by atoms with E-state index in [4.69, 9.17) is 14.4 Å². The number of para-hydroxylation sites is 1. The highest BCUT2D eigenvalue weighted by molar-refractivity contribution is 6.25. The van der Waals surface area contributed by atoms with Crippen LogP contribution in [0.25, 0.3) is 88.5 Å². The van der Waals surface area contributed by atoms with Gasteiger partial charge in [-0.3, -0.25) is 0 Å². The molecule has 0 aliphatic heterocycles. The summed E-state index contributed by atoms with van der Waals surface area (Å²) >= 11 is 0. The topological polar surface area (TPSA) is 42.2 Å². The van der Waals surface area contributed by atoms with E-state index in [1.54, 1.807) is 0 Å². The summed E-state index contributed by atoms with van der Waals surface area (Å²) in [6.07, 6.45) is 0. The molecule has 0 saturated carbocycles. The van der Waals surface area contributed by atoms with Gasteiger partial charge in [0.1, 0.15) is 11.2 Å². The lowest BCUT2D eigenvalue weighted by Gasteiger charge is -2.26. The number of aromatic nitrogens is 2. The average Bonchev–Trinajstić information content (AvgIpc) is 3.70. The molecular weight excluding hydrogens is 707 g/mol. The molecule has 4 heteroatoms. The van der Waals surface area contributed by atoms with Crippen LogP contribution >= 0.6 is 0 Å². The Bertz CT molecular complexity index is 3210. The highest BCUT2D eigenvalue weighted by atomic mass is 16.3. The monoisotopic (exact) mass is 741 g/mol. The van der Waals surface area contributed by atoms with Gasteiger partial charge in [-0.1, -0.05) is 158 Å². The lowest BCUT2D eigenvalue weighted by Crippen LogP contribution is -2.09. The summed E-state index contributed by atoms with van der Waals surface area (Å²) in [6, 6.07) is 74.4. The SMILES string of the molecule is c1ccc(-c2cc(-c3cccc4oc5c(-c6ccc(N(c7ccccc7)c7ccc8ccccc8c7)cc6)cc6ccccc6c5c34)nc(-c3ccccc3)n2)cc1. The number of benzene rings is 9. The zero-order valence-electron chi connectivity index (χ0n) is 31.5. The number of rotatable bonds is 7. The Morgan fingerprint density at radius 3 is 1.76 bits per heavy atom. The van der Waals surface area contributed by atoms with Crippen LogP contribution in [0, 0.1) is 0 Å². The molecule has 4 nitrogen and oxygen atoms in total. The molecule has 11 aromatic rings. The second-order valence-electron chi connectivity index (χ2n) is 14.6. The maximum atomic E-state index is 6.94. The minimum absolute atomic E-state index is 0.681. The van der Waals surface area contributed by atoms with Gasteiger partial charge in [-0.05, 0) is 81.7 Å². The summed E-state index contributed by atoms with van der Waals surface area (Å²) in [7, 11) is 0. The van der Waals surface area contributed by atoms with Gasteiger partial charge in [-0.2, -0.15) is 0 Å². The fraction of sp³-hybridized carbons (Fsp3) is 0. The second kappa shape index (κ2) is 14.0. The number of nitrogens with zero attached hydrogens (tertiary/aromatic N) is 3. The third kappa shape index (κ3) is 5.87. The van der Waals surface area contributed by atoms with Gasteiger partial charge in [0.05, 0.1) is 11.4 Å². The van der Waals surface area contributed by atoms with Crippen molar-refractivity contribution in [2.45, 2.75) is 0 Å². The van der Waals surface area contributed by atoms with E-state index in [0.29, 0.717) is 5.82 Å². The summed E-state index contributed by atoms with van der Waals surface area (Å²) in [5.74, 6) is 0.681. The minimum atomic E-state index is 0.681. The second-order valence-corrected chi connectivity index (χ2v) is 14.6. The number of hydrogen-bond acceptors (Lipinski definition) is 4. The lowest BCUT2D eigenvalue weighted by molar-refractivity contribution is 0.670. The van der Waals surface area contributed by atoms with Crippen molar-refractivity contribution in [3.63, 3.8) is 0 Å². The van der Waals surface area contributed by atoms with Gasteiger partial charge in [-0.15, -0.1) is 0 Å². The van der Waals surface area contributed by atoms with Crippen molar-refractivity contribution in [2.75, 3.05) is 4.90 Å². The minimum Gasteiger partial charge on any atom is -0.455 e. The molecule has 0 atom stereocenters. The molecular formula is C54H35N3O. The first-order valence-corrected chi connectivity index (χ1v) is 19.6. The molecule has 0 bridgehead atoms. The van der Waals surface area contributed by atoms with Gasteiger partial charge in [0, 0.05) is 50.1 Å². The van der Waals surface area contributed by atoms with E-state index < -0.39 is 0 Å². The Hall–Kier alpha value is -7.82. The third-order valence-corrected chi connectivity index (χ3v) is 11.0. The molecule has 272 valence electrons. The molecule has 0 amide bonds. The van der Waals surface area contributed by atoms with Crippen molar-refractivity contribution in [3.8, 4) is 45.0 Å². The van der Waals surface area contributed by atoms with Crippen LogP contribution in [0.5, 0.6) is 0 Å². The number of furan rings is 1. The molecule has 0 unspecified atom stereocenters. The summed E-state index contributed by atoms with van der Waals surface area (Å²) in [4.78, 5) is 12.6. The van der Waals surface area contributed by atoms with Crippen LogP contribution in [-0.2, 0) is 0 Å². The zero-order chi connectivity index (χ0) is 38.4. The Labute approximate surface area is 335 Å². The number of fused-ring (bicyclic) bond motifs is 6. The molecule has 0 N–H and O–H groups in total. The van der Waals surface area contributed by atoms with E-state index in [1.807, 2.05) is 36.4 Å². The molecule has 11 rings (SSSR count). The van der Waals surface area contributed by atoms with Gasteiger partial charge in [0.2, 0.25) is 0 Å². The average molecular weight is 742 g/mol. The van der Waals surface area contributed by atoms with Crippen molar-refractivity contribution in [1.82, 2.24) is 9.97 Å². The standard InChI is InChI=1S/C54H35N3O/c1-4-16-38(17-5-1)48-35-49(56-54(55-48)39-18-6-2-7-19-39)46-25-14-26-50-51(46)52-45-24-13-12-21-41(45)34-47(53(52)58-50)37-28-30-43(31-29-37)57(42-22-8-3-9-23-42)44-32-27-36-15-10-11-20-40(36)33-44/h1-35H. The summed E-state index contributed by atoms with van der Waals surface area (Å²) in [5.41, 5.74) is 11.8. The lowest BCUT2D eigenvalue weighted by atomic mass is 9.94. The maximum absolute atomic E-state index is 6.94. The predicted octanol–water partition coefficient (Wildman–Crippen LogP) is 14.8. The van der Waals surface area contributed by atoms with Gasteiger partial charge in [-0.25, -0.2) is 9.97 Å². The molecule has 0 aliphatic carbocycles. The van der Waals surface area contributed by atoms with Crippen LogP contribution < -0.4 is 4.90 Å². The first-order valence-electron chi connectivity index (χ1n) is 19.6. The molecule has 0 fully saturated rings. The number of anilines is 3. The Balaban J connectivity index is 1.09. The largest absolute Gasteiger partial charge is 0.455 e. The van der Waals surface area contributed by atoms with Crippen LogP contribution in [0.15, 0.2) is 217 Å². The Morgan fingerprint density at radius 2 is 0.983 bits per heavy atom. The van der Waals surface area contributed by atoms with E-state index in [2.05, 4.69) is 181 Å². The van der Waals surface area contributed by atoms with Crippen LogP contribution in [0.1, 0.15) is 0 Å². The maximum Gasteiger partial charge on any atom is 0.160 e. The van der Waals surface area contributed by atoms with Crippen molar-refractivity contribution >= 4 is 60.5 Å². The van der Waals surface area contributed by atoms with E-state index in [1.165, 1.54) is 10.8 Å². The van der Waals surface area contributed by atoms with Gasteiger partial charge in [0.15, 0.2) is 5.82 Å². The summed E-state index contributed by atoms with van der Waals surface area (Å²) in [5, 5.41) is 6.82. The van der Waals surface area contributed by atoms with Crippen LogP contribution in [0.4, 0.5) is 17.1 Å². The van der Waals surface area contributed by atoms with Gasteiger partial charge >= 0.3 is 0 Å². The highest BCUT2D eigenvalue weighted by Gasteiger charge is 2.22. The Morgan fingerprint density at radius 1 is 0.362 bits per heavy atom. The van der Waals surface area contributed by atoms with Crippen LogP contribution in [-0.4, -0.2) is 9.97 Å². The van der Waals surface area contributed by atoms with E-state index in [9.17, 15) is 0 Å². The molecule has 0 aliphatic rings. The van der Waals surface area contributed by atoms with Crippen molar-refractivity contribution in [1.29, 1.82) is 0 Å². The van der Waals surface area contributed by atoms with E-state index >= 15 is 0 Å². The molecule has 0 spiro atoms. The van der Waals surface area contributed by atoms with Crippen molar-refractivity contribution < 1.29 is 4.42 Å². The predicted molar refractivity (Wildman–Crippen MR) is 241 cm³/mol. The van der Waals surface area contributed by atoms with Gasteiger partial charge in [0.25, 0.3) is 0 Å². The summed E-state index contributed by atoms with van der Waals surface area (Å²) < 4.78 is 6.94. The van der Waals surface area contributed by atoms with E-state index in [-0.39, 0.29) is 0 Å². The fourth-order valence-electron chi connectivity index (χ4n) is 8.28. The molecule has 2 heterocycles. The molecule has 0 saturated heterocycles. The zero-order valence-corrected chi connectivity index (χ0v) is 31.5. The van der Waals surface area contributed by atoms with Crippen molar-refractivity contribution in [3.05, 3.63) is 212 Å². The normalized spacial score (nSPS) is 11.4. The van der Waals surface area contributed by atoms with Crippen molar-refractivity contribution in [2.24, 2.45) is 0 Å².